The number of rotatable bonds is 2. The third-order valence-corrected chi connectivity index (χ3v) is 3.99. The molecule has 1 N–H and O–H groups in total. The molecule has 2 saturated heterocycles. The first-order valence-electron chi connectivity index (χ1n) is 6.06. The van der Waals surface area contributed by atoms with E-state index in [1.807, 2.05) is 13.8 Å². The van der Waals surface area contributed by atoms with Gasteiger partial charge in [-0.15, -0.1) is 0 Å². The van der Waals surface area contributed by atoms with E-state index in [9.17, 15) is 0 Å². The monoisotopic (exact) mass is 253 g/mol. The minimum atomic E-state index is 0.341. The SMILES string of the molecule is Cc1nc(Cl)c(C)c(NC2CC3CCC2O3)n1. The molecule has 3 heterocycles. The van der Waals surface area contributed by atoms with Gasteiger partial charge in [-0.25, -0.2) is 9.97 Å². The number of aromatic nitrogens is 2. The lowest BCUT2D eigenvalue weighted by atomic mass is 9.95. The van der Waals surface area contributed by atoms with Crippen molar-refractivity contribution in [1.82, 2.24) is 9.97 Å². The Kier molecular flexibility index (Phi) is 2.71. The highest BCUT2D eigenvalue weighted by Crippen LogP contribution is 2.36. The molecule has 2 aliphatic heterocycles. The van der Waals surface area contributed by atoms with Crippen molar-refractivity contribution in [2.45, 2.75) is 51.4 Å². The first-order valence-corrected chi connectivity index (χ1v) is 6.44. The maximum atomic E-state index is 6.06. The number of hydrogen-bond donors (Lipinski definition) is 1. The van der Waals surface area contributed by atoms with E-state index >= 15 is 0 Å². The average Bonchev–Trinajstić information content (AvgIpc) is 2.87. The number of anilines is 1. The molecule has 3 atom stereocenters. The van der Waals surface area contributed by atoms with Gasteiger partial charge in [-0.1, -0.05) is 11.6 Å². The van der Waals surface area contributed by atoms with Crippen LogP contribution < -0.4 is 5.32 Å². The summed E-state index contributed by atoms with van der Waals surface area (Å²) in [6.07, 6.45) is 4.21. The first kappa shape index (κ1) is 11.2. The van der Waals surface area contributed by atoms with Gasteiger partial charge in [0.1, 0.15) is 16.8 Å². The highest BCUT2D eigenvalue weighted by atomic mass is 35.5. The molecule has 0 spiro atoms. The predicted octanol–water partition coefficient (Wildman–Crippen LogP) is 2.48. The molecule has 0 saturated carbocycles. The number of nitrogens with one attached hydrogen (secondary N) is 1. The van der Waals surface area contributed by atoms with Crippen molar-refractivity contribution < 1.29 is 4.74 Å². The van der Waals surface area contributed by atoms with Crippen LogP contribution in [0.3, 0.4) is 0 Å². The zero-order valence-corrected chi connectivity index (χ0v) is 10.8. The third kappa shape index (κ3) is 2.00. The van der Waals surface area contributed by atoms with Crippen LogP contribution in [0.4, 0.5) is 5.82 Å². The molecule has 0 radical (unpaired) electrons. The molecule has 92 valence electrons. The zero-order valence-electron chi connectivity index (χ0n) is 10.0. The second-order valence-corrected chi connectivity index (χ2v) is 5.25. The van der Waals surface area contributed by atoms with Crippen molar-refractivity contribution in [2.75, 3.05) is 5.32 Å². The van der Waals surface area contributed by atoms with E-state index in [4.69, 9.17) is 16.3 Å². The standard InChI is InChI=1S/C12H16ClN3O/c1-6-11(13)14-7(2)15-12(6)16-9-5-8-3-4-10(9)17-8/h8-10H,3-5H2,1-2H3,(H,14,15,16). The molecule has 0 aliphatic carbocycles. The number of ether oxygens (including phenoxy) is 1. The van der Waals surface area contributed by atoms with Crippen LogP contribution >= 0.6 is 11.6 Å². The molecular weight excluding hydrogens is 238 g/mol. The van der Waals surface area contributed by atoms with Crippen molar-refractivity contribution in [3.05, 3.63) is 16.5 Å². The summed E-state index contributed by atoms with van der Waals surface area (Å²) in [7, 11) is 0. The molecule has 0 aromatic carbocycles. The Balaban J connectivity index is 1.81. The van der Waals surface area contributed by atoms with Crippen LogP contribution in [0, 0.1) is 13.8 Å². The molecule has 4 nitrogen and oxygen atoms in total. The summed E-state index contributed by atoms with van der Waals surface area (Å²) in [6, 6.07) is 0.373. The van der Waals surface area contributed by atoms with Crippen molar-refractivity contribution in [2.24, 2.45) is 0 Å². The van der Waals surface area contributed by atoms with E-state index in [-0.39, 0.29) is 0 Å². The maximum absolute atomic E-state index is 6.06. The number of aryl methyl sites for hydroxylation is 1. The average molecular weight is 254 g/mol. The molecule has 3 rings (SSSR count). The third-order valence-electron chi connectivity index (χ3n) is 3.63. The fourth-order valence-electron chi connectivity index (χ4n) is 2.70. The molecule has 3 unspecified atom stereocenters. The van der Waals surface area contributed by atoms with Gasteiger partial charge in [0.15, 0.2) is 0 Å². The Morgan fingerprint density at radius 3 is 2.76 bits per heavy atom. The van der Waals surface area contributed by atoms with E-state index in [0.29, 0.717) is 29.2 Å². The molecule has 2 fully saturated rings. The minimum absolute atomic E-state index is 0.341. The van der Waals surface area contributed by atoms with Crippen molar-refractivity contribution in [3.8, 4) is 0 Å². The summed E-state index contributed by atoms with van der Waals surface area (Å²) in [5, 5.41) is 3.99. The lowest BCUT2D eigenvalue weighted by molar-refractivity contribution is 0.102. The Morgan fingerprint density at radius 2 is 2.12 bits per heavy atom. The maximum Gasteiger partial charge on any atom is 0.137 e. The number of hydrogen-bond acceptors (Lipinski definition) is 4. The van der Waals surface area contributed by atoms with E-state index in [2.05, 4.69) is 15.3 Å². The fourth-order valence-corrected chi connectivity index (χ4v) is 2.91. The van der Waals surface area contributed by atoms with E-state index in [1.54, 1.807) is 0 Å². The Bertz CT molecular complexity index is 452. The molecule has 17 heavy (non-hydrogen) atoms. The molecule has 2 aliphatic rings. The molecular formula is C12H16ClN3O. The van der Waals surface area contributed by atoms with Crippen molar-refractivity contribution >= 4 is 17.4 Å². The zero-order chi connectivity index (χ0) is 12.0. The lowest BCUT2D eigenvalue weighted by Crippen LogP contribution is -2.31. The molecule has 1 aromatic rings. The van der Waals surface area contributed by atoms with Gasteiger partial charge in [-0.05, 0) is 33.1 Å². The number of fused-ring (bicyclic) bond motifs is 2. The van der Waals surface area contributed by atoms with Gasteiger partial charge < -0.3 is 10.1 Å². The second kappa shape index (κ2) is 4.10. The van der Waals surface area contributed by atoms with Gasteiger partial charge in [0.2, 0.25) is 0 Å². The van der Waals surface area contributed by atoms with Crippen molar-refractivity contribution in [3.63, 3.8) is 0 Å². The smallest absolute Gasteiger partial charge is 0.137 e. The van der Waals surface area contributed by atoms with Crippen LogP contribution in [0.1, 0.15) is 30.7 Å². The van der Waals surface area contributed by atoms with Crippen LogP contribution in [-0.2, 0) is 4.74 Å². The summed E-state index contributed by atoms with van der Waals surface area (Å²) in [5.74, 6) is 1.55. The fraction of sp³-hybridized carbons (Fsp3) is 0.667. The lowest BCUT2D eigenvalue weighted by Gasteiger charge is -2.21. The van der Waals surface area contributed by atoms with Gasteiger partial charge in [-0.2, -0.15) is 0 Å². The minimum Gasteiger partial charge on any atom is -0.373 e. The van der Waals surface area contributed by atoms with E-state index in [0.717, 1.165) is 24.2 Å². The van der Waals surface area contributed by atoms with E-state index in [1.165, 1.54) is 6.42 Å². The van der Waals surface area contributed by atoms with Crippen LogP contribution in [0.25, 0.3) is 0 Å². The van der Waals surface area contributed by atoms with Gasteiger partial charge in [-0.3, -0.25) is 0 Å². The highest BCUT2D eigenvalue weighted by molar-refractivity contribution is 6.30. The van der Waals surface area contributed by atoms with Crippen LogP contribution in [0.15, 0.2) is 0 Å². The molecule has 5 heteroatoms. The highest BCUT2D eigenvalue weighted by Gasteiger charge is 2.41. The Labute approximate surface area is 106 Å². The Hall–Kier alpha value is -0.870. The van der Waals surface area contributed by atoms with Crippen LogP contribution in [-0.4, -0.2) is 28.2 Å². The predicted molar refractivity (Wildman–Crippen MR) is 66.4 cm³/mol. The largest absolute Gasteiger partial charge is 0.373 e. The van der Waals surface area contributed by atoms with E-state index < -0.39 is 0 Å². The Morgan fingerprint density at radius 1 is 1.29 bits per heavy atom. The van der Waals surface area contributed by atoms with Gasteiger partial charge >= 0.3 is 0 Å². The summed E-state index contributed by atoms with van der Waals surface area (Å²) >= 11 is 6.06. The number of halogens is 1. The van der Waals surface area contributed by atoms with Gasteiger partial charge in [0, 0.05) is 5.56 Å². The summed E-state index contributed by atoms with van der Waals surface area (Å²) in [4.78, 5) is 8.56. The van der Waals surface area contributed by atoms with Gasteiger partial charge in [0.05, 0.1) is 18.2 Å². The topological polar surface area (TPSA) is 47.0 Å². The summed E-state index contributed by atoms with van der Waals surface area (Å²) < 4.78 is 5.82. The summed E-state index contributed by atoms with van der Waals surface area (Å²) in [5.41, 5.74) is 0.917. The summed E-state index contributed by atoms with van der Waals surface area (Å²) in [6.45, 7) is 3.80. The second-order valence-electron chi connectivity index (χ2n) is 4.90. The van der Waals surface area contributed by atoms with Crippen molar-refractivity contribution in [1.29, 1.82) is 0 Å². The number of nitrogens with zero attached hydrogens (tertiary/aromatic N) is 2. The normalized spacial score (nSPS) is 30.9. The van der Waals surface area contributed by atoms with Crippen LogP contribution in [0.5, 0.6) is 0 Å². The molecule has 0 amide bonds. The molecule has 2 bridgehead atoms. The van der Waals surface area contributed by atoms with Crippen LogP contribution in [0.2, 0.25) is 5.15 Å². The molecule has 1 aromatic heterocycles. The van der Waals surface area contributed by atoms with Gasteiger partial charge in [0.25, 0.3) is 0 Å². The first-order chi connectivity index (χ1) is 8.13. The quantitative estimate of drug-likeness (QED) is 0.823.